The minimum Gasteiger partial charge on any atom is -0.349 e. The van der Waals surface area contributed by atoms with E-state index in [1.807, 2.05) is 35.0 Å². The van der Waals surface area contributed by atoms with E-state index >= 15 is 0 Å². The molecule has 1 saturated carbocycles. The van der Waals surface area contributed by atoms with Crippen molar-refractivity contribution < 1.29 is 4.39 Å². The van der Waals surface area contributed by atoms with Crippen LogP contribution in [-0.4, -0.2) is 31.6 Å². The lowest BCUT2D eigenvalue weighted by Gasteiger charge is -2.37. The van der Waals surface area contributed by atoms with Gasteiger partial charge in [-0.05, 0) is 78.8 Å². The highest BCUT2D eigenvalue weighted by molar-refractivity contribution is 6.33. The summed E-state index contributed by atoms with van der Waals surface area (Å²) >= 11 is 6.74. The molecule has 1 aliphatic carbocycles. The molecule has 3 heterocycles. The predicted molar refractivity (Wildman–Crippen MR) is 154 cm³/mol. The third-order valence-electron chi connectivity index (χ3n) is 7.57. The lowest BCUT2D eigenvalue weighted by Crippen LogP contribution is -2.41. The van der Waals surface area contributed by atoms with Gasteiger partial charge in [-0.15, -0.1) is 0 Å². The molecule has 0 aliphatic heterocycles. The van der Waals surface area contributed by atoms with E-state index in [0.29, 0.717) is 24.2 Å². The second-order valence-electron chi connectivity index (χ2n) is 10.3. The number of hydrogen-bond donors (Lipinski definition) is 1. The maximum atomic E-state index is 13.8. The van der Waals surface area contributed by atoms with Crippen LogP contribution in [0.1, 0.15) is 36.8 Å². The maximum Gasteiger partial charge on any atom is 0.129 e. The number of pyridine rings is 2. The minimum absolute atomic E-state index is 0.246. The molecule has 1 aliphatic rings. The summed E-state index contributed by atoms with van der Waals surface area (Å²) in [6, 6.07) is 19.5. The number of rotatable bonds is 7. The molecule has 3 aromatic heterocycles. The van der Waals surface area contributed by atoms with E-state index in [0.717, 1.165) is 64.8 Å². The molecule has 2 N–H and O–H groups in total. The number of halogens is 2. The van der Waals surface area contributed by atoms with Crippen molar-refractivity contribution in [2.45, 2.75) is 50.9 Å². The first kappa shape index (κ1) is 25.5. The molecule has 8 heteroatoms. The Kier molecular flexibility index (Phi) is 7.26. The standard InChI is InChI=1S/C31H30ClFN6/c32-28-17-36-31(39(19-22-4-2-12-35-16-22)26-9-7-25(34)8-10-26)15-27(28)23-6-11-29-30(14-23)38(20-37-29)18-21-3-1-5-24(33)13-21/h1-6,11-17,20,25-26H,7-10,18-19,34H2. The zero-order chi connectivity index (χ0) is 26.8. The van der Waals surface area contributed by atoms with Crippen molar-refractivity contribution in [3.63, 3.8) is 0 Å². The van der Waals surface area contributed by atoms with E-state index in [1.54, 1.807) is 30.9 Å². The van der Waals surface area contributed by atoms with Gasteiger partial charge in [0, 0.05) is 49.3 Å². The van der Waals surface area contributed by atoms with E-state index in [9.17, 15) is 4.39 Å². The number of fused-ring (bicyclic) bond motifs is 1. The smallest absolute Gasteiger partial charge is 0.129 e. The summed E-state index contributed by atoms with van der Waals surface area (Å²) in [6.45, 7) is 1.23. The predicted octanol–water partition coefficient (Wildman–Crippen LogP) is 6.61. The second kappa shape index (κ2) is 11.1. The Labute approximate surface area is 232 Å². The fraction of sp³-hybridized carbons (Fsp3) is 0.258. The summed E-state index contributed by atoms with van der Waals surface area (Å²) in [5, 5.41) is 0.585. The number of imidazole rings is 1. The Morgan fingerprint density at radius 2 is 1.79 bits per heavy atom. The van der Waals surface area contributed by atoms with Crippen LogP contribution in [0.3, 0.4) is 0 Å². The molecule has 0 radical (unpaired) electrons. The molecule has 198 valence electrons. The Morgan fingerprint density at radius 3 is 2.59 bits per heavy atom. The molecule has 6 rings (SSSR count). The second-order valence-corrected chi connectivity index (χ2v) is 10.7. The molecule has 0 atom stereocenters. The van der Waals surface area contributed by atoms with E-state index < -0.39 is 0 Å². The Morgan fingerprint density at radius 1 is 0.949 bits per heavy atom. The highest BCUT2D eigenvalue weighted by atomic mass is 35.5. The number of nitrogens with two attached hydrogens (primary N) is 1. The van der Waals surface area contributed by atoms with Crippen LogP contribution >= 0.6 is 11.6 Å². The van der Waals surface area contributed by atoms with Crippen LogP contribution in [0.2, 0.25) is 5.02 Å². The van der Waals surface area contributed by atoms with Gasteiger partial charge in [-0.2, -0.15) is 0 Å². The van der Waals surface area contributed by atoms with Crippen molar-refractivity contribution in [2.75, 3.05) is 4.90 Å². The molecule has 6 nitrogen and oxygen atoms in total. The first-order valence-electron chi connectivity index (χ1n) is 13.3. The van der Waals surface area contributed by atoms with Gasteiger partial charge in [0.1, 0.15) is 11.6 Å². The third kappa shape index (κ3) is 5.65. The zero-order valence-corrected chi connectivity index (χ0v) is 22.3. The van der Waals surface area contributed by atoms with Crippen LogP contribution < -0.4 is 10.6 Å². The molecule has 39 heavy (non-hydrogen) atoms. The lowest BCUT2D eigenvalue weighted by molar-refractivity contribution is 0.373. The number of hydrogen-bond acceptors (Lipinski definition) is 5. The van der Waals surface area contributed by atoms with Crippen molar-refractivity contribution in [1.82, 2.24) is 19.5 Å². The van der Waals surface area contributed by atoms with Gasteiger partial charge in [0.15, 0.2) is 0 Å². The monoisotopic (exact) mass is 540 g/mol. The topological polar surface area (TPSA) is 72.9 Å². The van der Waals surface area contributed by atoms with Crippen LogP contribution in [0.4, 0.5) is 10.2 Å². The van der Waals surface area contributed by atoms with Crippen LogP contribution in [0, 0.1) is 5.82 Å². The van der Waals surface area contributed by atoms with Crippen molar-refractivity contribution in [3.05, 3.63) is 108 Å². The first-order valence-corrected chi connectivity index (χ1v) is 13.7. The fourth-order valence-corrected chi connectivity index (χ4v) is 5.70. The van der Waals surface area contributed by atoms with Gasteiger partial charge in [-0.3, -0.25) is 4.98 Å². The quantitative estimate of drug-likeness (QED) is 0.251. The summed E-state index contributed by atoms with van der Waals surface area (Å²) < 4.78 is 15.8. The molecule has 0 unspecified atom stereocenters. The molecular weight excluding hydrogens is 511 g/mol. The van der Waals surface area contributed by atoms with Crippen molar-refractivity contribution >= 4 is 28.5 Å². The van der Waals surface area contributed by atoms with Crippen LogP contribution in [0.5, 0.6) is 0 Å². The van der Waals surface area contributed by atoms with Crippen molar-refractivity contribution in [3.8, 4) is 11.1 Å². The van der Waals surface area contributed by atoms with Gasteiger partial charge in [0.05, 0.1) is 22.4 Å². The summed E-state index contributed by atoms with van der Waals surface area (Å²) in [7, 11) is 0. The van der Waals surface area contributed by atoms with Gasteiger partial charge in [0.25, 0.3) is 0 Å². The number of nitrogens with zero attached hydrogens (tertiary/aromatic N) is 5. The molecular formula is C31H30ClFN6. The summed E-state index contributed by atoms with van der Waals surface area (Å²) in [5.41, 5.74) is 12.0. The normalized spacial score (nSPS) is 17.4. The zero-order valence-electron chi connectivity index (χ0n) is 21.5. The maximum absolute atomic E-state index is 13.8. The molecule has 0 saturated heterocycles. The van der Waals surface area contributed by atoms with E-state index in [1.165, 1.54) is 6.07 Å². The van der Waals surface area contributed by atoms with Crippen molar-refractivity contribution in [1.29, 1.82) is 0 Å². The van der Waals surface area contributed by atoms with Crippen LogP contribution in [0.25, 0.3) is 22.2 Å². The number of benzene rings is 2. The van der Waals surface area contributed by atoms with Gasteiger partial charge >= 0.3 is 0 Å². The lowest BCUT2D eigenvalue weighted by atomic mass is 9.90. The largest absolute Gasteiger partial charge is 0.349 e. The molecule has 0 spiro atoms. The van der Waals surface area contributed by atoms with Crippen LogP contribution in [0.15, 0.2) is 85.6 Å². The fourth-order valence-electron chi connectivity index (χ4n) is 5.49. The Balaban J connectivity index is 1.36. The Hall–Kier alpha value is -3.81. The van der Waals surface area contributed by atoms with Gasteiger partial charge < -0.3 is 15.2 Å². The average molecular weight is 541 g/mol. The summed E-state index contributed by atoms with van der Waals surface area (Å²) in [4.78, 5) is 16.0. The third-order valence-corrected chi connectivity index (χ3v) is 7.87. The summed E-state index contributed by atoms with van der Waals surface area (Å²) in [5.74, 6) is 0.636. The Bertz CT molecular complexity index is 1580. The van der Waals surface area contributed by atoms with Gasteiger partial charge in [0.2, 0.25) is 0 Å². The highest BCUT2D eigenvalue weighted by Gasteiger charge is 2.26. The van der Waals surface area contributed by atoms with Gasteiger partial charge in [-0.1, -0.05) is 35.9 Å². The van der Waals surface area contributed by atoms with E-state index in [-0.39, 0.29) is 11.9 Å². The molecule has 5 aromatic rings. The molecule has 0 amide bonds. The molecule has 0 bridgehead atoms. The molecule has 1 fully saturated rings. The molecule has 2 aromatic carbocycles. The number of anilines is 1. The average Bonchev–Trinajstić information content (AvgIpc) is 3.35. The van der Waals surface area contributed by atoms with Gasteiger partial charge in [-0.25, -0.2) is 14.4 Å². The SMILES string of the molecule is NC1CCC(N(Cc2cccnc2)c2cc(-c3ccc4ncn(Cc5cccc(F)c5)c4c3)c(Cl)cn2)CC1. The number of aromatic nitrogens is 4. The van der Waals surface area contributed by atoms with E-state index in [2.05, 4.69) is 33.1 Å². The van der Waals surface area contributed by atoms with E-state index in [4.69, 9.17) is 22.3 Å². The first-order chi connectivity index (χ1) is 19.0. The van der Waals surface area contributed by atoms with Crippen LogP contribution in [-0.2, 0) is 13.1 Å². The highest BCUT2D eigenvalue weighted by Crippen LogP contribution is 2.35. The van der Waals surface area contributed by atoms with Crippen molar-refractivity contribution in [2.24, 2.45) is 5.73 Å². The minimum atomic E-state index is -0.246. The summed E-state index contributed by atoms with van der Waals surface area (Å²) in [6.07, 6.45) is 11.3.